The van der Waals surface area contributed by atoms with Gasteiger partial charge in [-0.1, -0.05) is 70.1 Å². The molecule has 0 bridgehead atoms. The number of halogens is 9. The van der Waals surface area contributed by atoms with E-state index in [2.05, 4.69) is 5.32 Å². The normalized spacial score (nSPS) is 17.6. The number of nitrogens with one attached hydrogen (secondary N) is 1. The third-order valence-corrected chi connectivity index (χ3v) is 8.88. The molecule has 1 saturated carbocycles. The molecule has 210 valence electrons. The Hall–Kier alpha value is -1.64. The third kappa shape index (κ3) is 6.54. The van der Waals surface area contributed by atoms with E-state index in [-0.39, 0.29) is 26.9 Å². The van der Waals surface area contributed by atoms with Crippen LogP contribution in [0.4, 0.5) is 14.5 Å². The Kier molecular flexibility index (Phi) is 9.63. The first-order chi connectivity index (χ1) is 18.7. The number of ketones is 2. The highest BCUT2D eigenvalue weighted by molar-refractivity contribution is 6.54. The molecule has 1 amide bonds. The Balaban J connectivity index is 1.51. The molecule has 1 aliphatic rings. The molecule has 13 heteroatoms. The van der Waals surface area contributed by atoms with Crippen molar-refractivity contribution >= 4 is 104 Å². The number of anilines is 1. The second-order valence-electron chi connectivity index (χ2n) is 9.03. The maximum atomic E-state index is 15.0. The van der Waals surface area contributed by atoms with Crippen LogP contribution in [0.15, 0.2) is 48.5 Å². The van der Waals surface area contributed by atoms with E-state index in [1.807, 2.05) is 0 Å². The van der Waals surface area contributed by atoms with Crippen molar-refractivity contribution in [3.63, 3.8) is 0 Å². The zero-order valence-corrected chi connectivity index (χ0v) is 25.2. The van der Waals surface area contributed by atoms with Gasteiger partial charge < -0.3 is 5.32 Å². The van der Waals surface area contributed by atoms with E-state index < -0.39 is 68.5 Å². The molecule has 1 aliphatic carbocycles. The first-order valence-corrected chi connectivity index (χ1v) is 14.2. The maximum Gasteiger partial charge on any atom is 0.231 e. The lowest BCUT2D eigenvalue weighted by molar-refractivity contribution is -0.118. The Morgan fingerprint density at radius 3 is 2.20 bits per heavy atom. The van der Waals surface area contributed by atoms with Crippen LogP contribution in [0.25, 0.3) is 0 Å². The van der Waals surface area contributed by atoms with Gasteiger partial charge in [0, 0.05) is 35.6 Å². The van der Waals surface area contributed by atoms with E-state index in [4.69, 9.17) is 81.2 Å². The summed E-state index contributed by atoms with van der Waals surface area (Å²) in [6.07, 6.45) is -1.20. The molecule has 0 aliphatic heterocycles. The molecule has 0 aromatic heterocycles. The zero-order valence-electron chi connectivity index (χ0n) is 19.9. The number of hydrogen-bond donors (Lipinski definition) is 1. The van der Waals surface area contributed by atoms with Crippen LogP contribution in [0.5, 0.6) is 0 Å². The zero-order chi connectivity index (χ0) is 29.5. The number of Topliss-reactive ketones (excluding diaryl/α,β-unsaturated/α-hetero) is 2. The van der Waals surface area contributed by atoms with E-state index in [0.717, 1.165) is 12.1 Å². The Morgan fingerprint density at radius 2 is 1.55 bits per heavy atom. The van der Waals surface area contributed by atoms with E-state index >= 15 is 4.39 Å². The van der Waals surface area contributed by atoms with Gasteiger partial charge in [0.05, 0.1) is 21.0 Å². The molecule has 3 aromatic rings. The van der Waals surface area contributed by atoms with Crippen molar-refractivity contribution in [1.82, 2.24) is 0 Å². The molecule has 40 heavy (non-hydrogen) atoms. The molecular weight excluding hydrogens is 672 g/mol. The standard InChI is InChI=1S/C27H16Cl7F2NO3/c28-16-5-3-13(37-26(40)23-22(27(23,33)34)11-1-4-17(29)18(30)7-11)9-14(16)20(38)8-12-2-6-19(35)15(24(12)36)10-21(39)25(31)32/h1-7,9,22-23,25H,8,10H2,(H,37,40)/t22-,23+/m0/s1. The van der Waals surface area contributed by atoms with Gasteiger partial charge in [0.15, 0.2) is 16.4 Å². The van der Waals surface area contributed by atoms with Crippen molar-refractivity contribution in [3.8, 4) is 0 Å². The third-order valence-electron chi connectivity index (χ3n) is 6.38. The fourth-order valence-corrected chi connectivity index (χ4v) is 5.79. The summed E-state index contributed by atoms with van der Waals surface area (Å²) in [5.41, 5.74) is 0.0868. The highest BCUT2D eigenvalue weighted by Crippen LogP contribution is 2.65. The molecule has 0 heterocycles. The lowest BCUT2D eigenvalue weighted by Gasteiger charge is -2.11. The number of amides is 1. The van der Waals surface area contributed by atoms with Gasteiger partial charge in [-0.25, -0.2) is 8.78 Å². The van der Waals surface area contributed by atoms with Crippen LogP contribution in [0.1, 0.15) is 33.0 Å². The Bertz CT molecular complexity index is 1530. The van der Waals surface area contributed by atoms with Crippen molar-refractivity contribution in [2.24, 2.45) is 5.92 Å². The monoisotopic (exact) mass is 685 g/mol. The van der Waals surface area contributed by atoms with Crippen molar-refractivity contribution in [1.29, 1.82) is 0 Å². The van der Waals surface area contributed by atoms with Crippen molar-refractivity contribution < 1.29 is 23.2 Å². The number of carbonyl (C=O) groups excluding carboxylic acids is 3. The topological polar surface area (TPSA) is 63.2 Å². The predicted molar refractivity (Wildman–Crippen MR) is 156 cm³/mol. The lowest BCUT2D eigenvalue weighted by Crippen LogP contribution is -2.18. The Labute approximate surface area is 262 Å². The van der Waals surface area contributed by atoms with Gasteiger partial charge in [0.1, 0.15) is 16.0 Å². The van der Waals surface area contributed by atoms with Gasteiger partial charge in [-0.2, -0.15) is 0 Å². The SMILES string of the molecule is O=C(Cc1ccc(F)c(CC(=O)C(Cl)Cl)c1F)c1cc(NC(=O)[C@H]2[C@H](c3ccc(Cl)c(Cl)c3)C2(Cl)Cl)ccc1Cl. The van der Waals surface area contributed by atoms with Gasteiger partial charge in [0.25, 0.3) is 0 Å². The summed E-state index contributed by atoms with van der Waals surface area (Å²) in [5.74, 6) is -5.39. The molecule has 4 rings (SSSR count). The van der Waals surface area contributed by atoms with Crippen molar-refractivity contribution in [2.45, 2.75) is 27.9 Å². The summed E-state index contributed by atoms with van der Waals surface area (Å²) in [4.78, 5) is 36.5. The highest BCUT2D eigenvalue weighted by Gasteiger charge is 2.67. The predicted octanol–water partition coefficient (Wildman–Crippen LogP) is 8.79. The molecule has 2 atom stereocenters. The number of alkyl halides is 4. The van der Waals surface area contributed by atoms with Gasteiger partial charge in [-0.15, -0.1) is 23.2 Å². The first kappa shape index (κ1) is 31.3. The molecule has 0 radical (unpaired) electrons. The van der Waals surface area contributed by atoms with Crippen molar-refractivity contribution in [3.05, 3.63) is 97.5 Å². The molecular formula is C27H16Cl7F2NO3. The van der Waals surface area contributed by atoms with E-state index in [1.54, 1.807) is 18.2 Å². The number of hydrogen-bond acceptors (Lipinski definition) is 3. The van der Waals surface area contributed by atoms with Gasteiger partial charge in [-0.3, -0.25) is 14.4 Å². The summed E-state index contributed by atoms with van der Waals surface area (Å²) in [6.45, 7) is 0. The van der Waals surface area contributed by atoms with Gasteiger partial charge in [-0.05, 0) is 47.5 Å². The fraction of sp³-hybridized carbons (Fsp3) is 0.222. The van der Waals surface area contributed by atoms with Crippen LogP contribution in [-0.2, 0) is 22.4 Å². The summed E-state index contributed by atoms with van der Waals surface area (Å²) in [7, 11) is 0. The first-order valence-electron chi connectivity index (χ1n) is 11.4. The van der Waals surface area contributed by atoms with Crippen LogP contribution in [-0.4, -0.2) is 26.6 Å². The van der Waals surface area contributed by atoms with Crippen LogP contribution in [0.2, 0.25) is 15.1 Å². The van der Waals surface area contributed by atoms with Crippen LogP contribution in [0, 0.1) is 17.6 Å². The second kappa shape index (κ2) is 12.3. The smallest absolute Gasteiger partial charge is 0.231 e. The Morgan fingerprint density at radius 1 is 0.875 bits per heavy atom. The van der Waals surface area contributed by atoms with Gasteiger partial charge >= 0.3 is 0 Å². The summed E-state index contributed by atoms with van der Waals surface area (Å²) >= 11 is 42.1. The number of rotatable bonds is 9. The minimum Gasteiger partial charge on any atom is -0.326 e. The molecule has 0 spiro atoms. The molecule has 1 N–H and O–H groups in total. The molecule has 4 nitrogen and oxygen atoms in total. The summed E-state index contributed by atoms with van der Waals surface area (Å²) in [5, 5.41) is 3.33. The number of benzene rings is 3. The maximum absolute atomic E-state index is 15.0. The molecule has 1 fully saturated rings. The second-order valence-corrected chi connectivity index (χ2v) is 12.8. The van der Waals surface area contributed by atoms with E-state index in [9.17, 15) is 18.8 Å². The van der Waals surface area contributed by atoms with E-state index in [1.165, 1.54) is 18.2 Å². The minimum atomic E-state index is -1.46. The summed E-state index contributed by atoms with van der Waals surface area (Å²) in [6, 6.07) is 11.0. The summed E-state index contributed by atoms with van der Waals surface area (Å²) < 4.78 is 27.8. The molecule has 0 saturated heterocycles. The number of carbonyl (C=O) groups is 3. The largest absolute Gasteiger partial charge is 0.326 e. The average Bonchev–Trinajstić information content (AvgIpc) is 3.47. The highest BCUT2D eigenvalue weighted by atomic mass is 35.5. The van der Waals surface area contributed by atoms with Crippen LogP contribution < -0.4 is 5.32 Å². The van der Waals surface area contributed by atoms with Gasteiger partial charge in [0.2, 0.25) is 5.91 Å². The quantitative estimate of drug-likeness (QED) is 0.181. The molecule has 3 aromatic carbocycles. The van der Waals surface area contributed by atoms with Crippen LogP contribution in [0.3, 0.4) is 0 Å². The average molecular weight is 689 g/mol. The van der Waals surface area contributed by atoms with E-state index in [0.29, 0.717) is 10.6 Å². The lowest BCUT2D eigenvalue weighted by atomic mass is 9.98. The fourth-order valence-electron chi connectivity index (χ4n) is 4.27. The van der Waals surface area contributed by atoms with Crippen LogP contribution >= 0.6 is 81.2 Å². The minimum absolute atomic E-state index is 0.0257. The van der Waals surface area contributed by atoms with Crippen molar-refractivity contribution in [2.75, 3.05) is 5.32 Å². The molecule has 0 unspecified atom stereocenters.